The van der Waals surface area contributed by atoms with Crippen LogP contribution in [0.15, 0.2) is 0 Å². The second kappa shape index (κ2) is 5.89. The van der Waals surface area contributed by atoms with Crippen LogP contribution in [-0.2, 0) is 0 Å². The summed E-state index contributed by atoms with van der Waals surface area (Å²) in [6, 6.07) is 1.62. The van der Waals surface area contributed by atoms with E-state index in [2.05, 4.69) is 9.80 Å². The van der Waals surface area contributed by atoms with Crippen LogP contribution in [0.2, 0.25) is 0 Å². The molecular weight excluding hydrogens is 222 g/mol. The van der Waals surface area contributed by atoms with Gasteiger partial charge < -0.3 is 5.73 Å². The van der Waals surface area contributed by atoms with E-state index in [1.165, 1.54) is 71.1 Å². The van der Waals surface area contributed by atoms with Crippen molar-refractivity contribution in [2.75, 3.05) is 32.7 Å². The van der Waals surface area contributed by atoms with E-state index in [4.69, 9.17) is 5.73 Å². The van der Waals surface area contributed by atoms with Crippen LogP contribution in [0.25, 0.3) is 0 Å². The van der Waals surface area contributed by atoms with Crippen molar-refractivity contribution in [1.29, 1.82) is 0 Å². The molecule has 18 heavy (non-hydrogen) atoms. The van der Waals surface area contributed by atoms with Gasteiger partial charge in [-0.05, 0) is 31.6 Å². The van der Waals surface area contributed by atoms with E-state index >= 15 is 0 Å². The van der Waals surface area contributed by atoms with Gasteiger partial charge in [0.15, 0.2) is 0 Å². The summed E-state index contributed by atoms with van der Waals surface area (Å²) in [5.41, 5.74) is 6.09. The van der Waals surface area contributed by atoms with Crippen molar-refractivity contribution in [2.24, 2.45) is 11.7 Å². The van der Waals surface area contributed by atoms with Crippen molar-refractivity contribution in [3.63, 3.8) is 0 Å². The highest BCUT2D eigenvalue weighted by molar-refractivity contribution is 4.90. The summed E-state index contributed by atoms with van der Waals surface area (Å²) in [7, 11) is 0. The summed E-state index contributed by atoms with van der Waals surface area (Å²) < 4.78 is 0. The maximum Gasteiger partial charge on any atom is 0.0247 e. The van der Waals surface area contributed by atoms with Gasteiger partial charge in [-0.15, -0.1) is 0 Å². The third-order valence-corrected chi connectivity index (χ3v) is 5.32. The molecule has 2 saturated carbocycles. The molecular formula is C15H29N3. The van der Waals surface area contributed by atoms with Gasteiger partial charge in [-0.1, -0.05) is 19.3 Å². The molecule has 2 N–H and O–H groups in total. The van der Waals surface area contributed by atoms with E-state index in [0.29, 0.717) is 6.04 Å². The van der Waals surface area contributed by atoms with Crippen LogP contribution in [0.5, 0.6) is 0 Å². The second-order valence-corrected chi connectivity index (χ2v) is 6.50. The fourth-order valence-electron chi connectivity index (χ4n) is 4.03. The van der Waals surface area contributed by atoms with Crippen molar-refractivity contribution in [3.8, 4) is 0 Å². The molecule has 3 fully saturated rings. The Morgan fingerprint density at radius 1 is 0.889 bits per heavy atom. The monoisotopic (exact) mass is 251 g/mol. The molecule has 3 heteroatoms. The lowest BCUT2D eigenvalue weighted by atomic mass is 9.83. The van der Waals surface area contributed by atoms with Crippen LogP contribution in [0.4, 0.5) is 0 Å². The number of piperazine rings is 1. The van der Waals surface area contributed by atoms with Crippen molar-refractivity contribution in [1.82, 2.24) is 9.80 Å². The molecule has 3 rings (SSSR count). The molecule has 0 bridgehead atoms. The van der Waals surface area contributed by atoms with Gasteiger partial charge in [0.05, 0.1) is 0 Å². The molecule has 0 aromatic heterocycles. The number of hydrogen-bond acceptors (Lipinski definition) is 3. The molecule has 1 atom stereocenters. The van der Waals surface area contributed by atoms with Crippen LogP contribution in [0.1, 0.15) is 44.9 Å². The third kappa shape index (κ3) is 2.89. The Kier molecular flexibility index (Phi) is 4.22. The quantitative estimate of drug-likeness (QED) is 0.825. The van der Waals surface area contributed by atoms with E-state index in [-0.39, 0.29) is 0 Å². The van der Waals surface area contributed by atoms with Crippen molar-refractivity contribution in [2.45, 2.75) is 57.0 Å². The Morgan fingerprint density at radius 2 is 1.56 bits per heavy atom. The topological polar surface area (TPSA) is 32.5 Å². The number of rotatable bonds is 4. The number of nitrogens with two attached hydrogens (primary N) is 1. The summed E-state index contributed by atoms with van der Waals surface area (Å²) >= 11 is 0. The Bertz CT molecular complexity index is 250. The molecule has 0 aromatic rings. The highest BCUT2D eigenvalue weighted by atomic mass is 15.3. The number of hydrogen-bond donors (Lipinski definition) is 1. The minimum absolute atomic E-state index is 0.673. The smallest absolute Gasteiger partial charge is 0.0247 e. The Morgan fingerprint density at radius 3 is 2.11 bits per heavy atom. The summed E-state index contributed by atoms with van der Waals surface area (Å²) in [6.45, 7) is 5.96. The average Bonchev–Trinajstić information content (AvgIpc) is 3.26. The van der Waals surface area contributed by atoms with Crippen molar-refractivity contribution >= 4 is 0 Å². The predicted molar refractivity (Wildman–Crippen MR) is 75.6 cm³/mol. The first kappa shape index (κ1) is 12.9. The highest BCUT2D eigenvalue weighted by Crippen LogP contribution is 2.31. The minimum atomic E-state index is 0.673. The molecule has 3 nitrogen and oxygen atoms in total. The zero-order chi connectivity index (χ0) is 12.4. The van der Waals surface area contributed by atoms with E-state index in [1.54, 1.807) is 0 Å². The Balaban J connectivity index is 1.51. The molecule has 0 radical (unpaired) electrons. The summed E-state index contributed by atoms with van der Waals surface area (Å²) in [5.74, 6) is 0.885. The van der Waals surface area contributed by atoms with Gasteiger partial charge in [0.1, 0.15) is 0 Å². The van der Waals surface area contributed by atoms with Crippen molar-refractivity contribution < 1.29 is 0 Å². The first-order valence-electron chi connectivity index (χ1n) is 8.06. The van der Waals surface area contributed by atoms with E-state index in [0.717, 1.165) is 18.5 Å². The lowest BCUT2D eigenvalue weighted by Crippen LogP contribution is -2.55. The molecule has 3 aliphatic rings. The molecule has 1 saturated heterocycles. The van der Waals surface area contributed by atoms with Crippen LogP contribution in [-0.4, -0.2) is 54.6 Å². The maximum absolute atomic E-state index is 6.09. The fourth-order valence-corrected chi connectivity index (χ4v) is 4.03. The zero-order valence-corrected chi connectivity index (χ0v) is 11.7. The zero-order valence-electron chi connectivity index (χ0n) is 11.7. The van der Waals surface area contributed by atoms with E-state index < -0.39 is 0 Å². The number of nitrogens with zero attached hydrogens (tertiary/aromatic N) is 2. The van der Waals surface area contributed by atoms with Gasteiger partial charge in [-0.2, -0.15) is 0 Å². The van der Waals surface area contributed by atoms with Gasteiger partial charge in [0.2, 0.25) is 0 Å². The second-order valence-electron chi connectivity index (χ2n) is 6.50. The third-order valence-electron chi connectivity index (χ3n) is 5.32. The molecule has 1 heterocycles. The highest BCUT2D eigenvalue weighted by Gasteiger charge is 2.34. The average molecular weight is 251 g/mol. The summed E-state index contributed by atoms with van der Waals surface area (Å²) in [6.07, 6.45) is 10.1. The van der Waals surface area contributed by atoms with Gasteiger partial charge in [-0.25, -0.2) is 0 Å². The predicted octanol–water partition coefficient (Wildman–Crippen LogP) is 1.67. The Hall–Kier alpha value is -0.120. The van der Waals surface area contributed by atoms with Crippen LogP contribution >= 0.6 is 0 Å². The molecule has 0 spiro atoms. The van der Waals surface area contributed by atoms with Crippen LogP contribution in [0, 0.1) is 5.92 Å². The molecule has 1 aliphatic heterocycles. The van der Waals surface area contributed by atoms with E-state index in [9.17, 15) is 0 Å². The lowest BCUT2D eigenvalue weighted by Gasteiger charge is -2.43. The van der Waals surface area contributed by atoms with Gasteiger partial charge in [0, 0.05) is 44.8 Å². The Labute approximate surface area is 112 Å². The van der Waals surface area contributed by atoms with Gasteiger partial charge in [0.25, 0.3) is 0 Å². The summed E-state index contributed by atoms with van der Waals surface area (Å²) in [5, 5.41) is 0. The molecule has 1 unspecified atom stereocenters. The van der Waals surface area contributed by atoms with Gasteiger partial charge >= 0.3 is 0 Å². The molecule has 0 aromatic carbocycles. The van der Waals surface area contributed by atoms with Crippen molar-refractivity contribution in [3.05, 3.63) is 0 Å². The maximum atomic E-state index is 6.09. The SMILES string of the molecule is NCC(C1CCCCC1)N1CCN(C2CC2)CC1. The standard InChI is InChI=1S/C15H29N3/c16-12-15(13-4-2-1-3-5-13)18-10-8-17(9-11-18)14-6-7-14/h13-15H,1-12,16H2. The molecule has 2 aliphatic carbocycles. The first-order chi connectivity index (χ1) is 8.88. The van der Waals surface area contributed by atoms with Crippen LogP contribution in [0.3, 0.4) is 0 Å². The van der Waals surface area contributed by atoms with E-state index in [1.807, 2.05) is 0 Å². The fraction of sp³-hybridized carbons (Fsp3) is 1.00. The van der Waals surface area contributed by atoms with Gasteiger partial charge in [-0.3, -0.25) is 9.80 Å². The molecule has 104 valence electrons. The van der Waals surface area contributed by atoms with Crippen LogP contribution < -0.4 is 5.73 Å². The lowest BCUT2D eigenvalue weighted by molar-refractivity contribution is 0.0590. The summed E-state index contributed by atoms with van der Waals surface area (Å²) in [4.78, 5) is 5.40. The normalized spacial score (nSPS) is 30.5. The first-order valence-corrected chi connectivity index (χ1v) is 8.06. The largest absolute Gasteiger partial charge is 0.329 e. The minimum Gasteiger partial charge on any atom is -0.329 e. The molecule has 0 amide bonds.